The molecule has 142 valence electrons. The minimum absolute atomic E-state index is 0.814. The molecule has 2 aliphatic rings. The molecule has 1 aromatic carbocycles. The van der Waals surface area contributed by atoms with Gasteiger partial charge in [0, 0.05) is 49.9 Å². The Balaban J connectivity index is 1.50. The topological polar surface area (TPSA) is 59.8 Å². The van der Waals surface area contributed by atoms with Gasteiger partial charge in [-0.25, -0.2) is 9.97 Å². The van der Waals surface area contributed by atoms with Gasteiger partial charge in [0.05, 0.1) is 25.6 Å². The number of hydrogen-bond acceptors (Lipinski definition) is 6. The van der Waals surface area contributed by atoms with Gasteiger partial charge in [0.15, 0.2) is 5.82 Å². The molecule has 0 aliphatic carbocycles. The van der Waals surface area contributed by atoms with Crippen LogP contribution in [0.5, 0.6) is 11.5 Å². The van der Waals surface area contributed by atoms with Crippen molar-refractivity contribution >= 4 is 5.71 Å². The van der Waals surface area contributed by atoms with E-state index in [-0.39, 0.29) is 0 Å². The lowest BCUT2D eigenvalue weighted by atomic mass is 10.0. The Morgan fingerprint density at radius 2 is 2.04 bits per heavy atom. The predicted octanol–water partition coefficient (Wildman–Crippen LogP) is 3.03. The van der Waals surface area contributed by atoms with Crippen LogP contribution < -0.4 is 9.47 Å². The average Bonchev–Trinajstić information content (AvgIpc) is 2.74. The molecule has 4 rings (SSSR count). The smallest absolute Gasteiger partial charge is 0.173 e. The van der Waals surface area contributed by atoms with Gasteiger partial charge in [-0.2, -0.15) is 0 Å². The van der Waals surface area contributed by atoms with Gasteiger partial charge in [0.25, 0.3) is 0 Å². The molecule has 1 aromatic heterocycles. The van der Waals surface area contributed by atoms with Crippen LogP contribution in [0, 0.1) is 0 Å². The highest BCUT2D eigenvalue weighted by Crippen LogP contribution is 2.27. The fraction of sp³-hybridized carbons (Fsp3) is 0.476. The molecule has 2 aromatic rings. The van der Waals surface area contributed by atoms with Crippen molar-refractivity contribution in [2.75, 3.05) is 27.3 Å². The zero-order valence-electron chi connectivity index (χ0n) is 16.1. The van der Waals surface area contributed by atoms with E-state index < -0.39 is 0 Å². The van der Waals surface area contributed by atoms with Crippen LogP contribution in [-0.4, -0.2) is 47.9 Å². The summed E-state index contributed by atoms with van der Waals surface area (Å²) in [7, 11) is 3.40. The lowest BCUT2D eigenvalue weighted by molar-refractivity contribution is 0.238. The quantitative estimate of drug-likeness (QED) is 0.814. The molecule has 0 atom stereocenters. The van der Waals surface area contributed by atoms with Gasteiger partial charge < -0.3 is 9.47 Å². The van der Waals surface area contributed by atoms with Crippen LogP contribution in [0.2, 0.25) is 0 Å². The van der Waals surface area contributed by atoms with Crippen molar-refractivity contribution < 1.29 is 9.47 Å². The molecular weight excluding hydrogens is 340 g/mol. The number of aromatic nitrogens is 2. The fourth-order valence-corrected chi connectivity index (χ4v) is 3.77. The summed E-state index contributed by atoms with van der Waals surface area (Å²) in [5.41, 5.74) is 4.59. The zero-order chi connectivity index (χ0) is 18.6. The molecule has 0 radical (unpaired) electrons. The Hall–Kier alpha value is -2.47. The molecule has 0 spiro atoms. The Morgan fingerprint density at radius 3 is 2.81 bits per heavy atom. The van der Waals surface area contributed by atoms with Crippen LogP contribution in [0.1, 0.15) is 41.9 Å². The summed E-state index contributed by atoms with van der Waals surface area (Å²) in [6.07, 6.45) is 6.29. The van der Waals surface area contributed by atoms with E-state index in [1.807, 2.05) is 18.3 Å². The molecule has 27 heavy (non-hydrogen) atoms. The van der Waals surface area contributed by atoms with Gasteiger partial charge >= 0.3 is 0 Å². The molecule has 0 N–H and O–H groups in total. The maximum absolute atomic E-state index is 5.52. The van der Waals surface area contributed by atoms with Crippen LogP contribution in [0.3, 0.4) is 0 Å². The zero-order valence-corrected chi connectivity index (χ0v) is 16.1. The number of aliphatic imine (C=N–C) groups is 1. The van der Waals surface area contributed by atoms with Crippen LogP contribution in [0.25, 0.3) is 0 Å². The van der Waals surface area contributed by atoms with E-state index in [1.54, 1.807) is 14.2 Å². The van der Waals surface area contributed by atoms with E-state index in [2.05, 4.69) is 20.9 Å². The van der Waals surface area contributed by atoms with E-state index in [1.165, 1.54) is 24.1 Å². The van der Waals surface area contributed by atoms with Crippen LogP contribution in [0.15, 0.2) is 29.4 Å². The Bertz CT molecular complexity index is 850. The first-order chi connectivity index (χ1) is 13.3. The van der Waals surface area contributed by atoms with Gasteiger partial charge in [-0.05, 0) is 37.5 Å². The summed E-state index contributed by atoms with van der Waals surface area (Å²) in [4.78, 5) is 16.4. The summed E-state index contributed by atoms with van der Waals surface area (Å²) in [6.45, 7) is 3.54. The first-order valence-corrected chi connectivity index (χ1v) is 9.58. The van der Waals surface area contributed by atoms with Crippen molar-refractivity contribution in [1.82, 2.24) is 14.9 Å². The molecule has 0 saturated carbocycles. The van der Waals surface area contributed by atoms with Crippen LogP contribution in [-0.2, 0) is 19.5 Å². The second-order valence-corrected chi connectivity index (χ2v) is 7.09. The number of hydrogen-bond donors (Lipinski definition) is 0. The van der Waals surface area contributed by atoms with E-state index in [4.69, 9.17) is 14.5 Å². The number of nitrogens with zero attached hydrogens (tertiary/aromatic N) is 4. The molecule has 6 nitrogen and oxygen atoms in total. The Labute approximate surface area is 160 Å². The molecule has 0 unspecified atom stereocenters. The lowest BCUT2D eigenvalue weighted by Crippen LogP contribution is -2.31. The highest BCUT2D eigenvalue weighted by Gasteiger charge is 2.21. The van der Waals surface area contributed by atoms with Gasteiger partial charge in [0.2, 0.25) is 0 Å². The summed E-state index contributed by atoms with van der Waals surface area (Å²) in [5.74, 6) is 2.57. The number of fused-ring (bicyclic) bond motifs is 1. The molecule has 0 fully saturated rings. The number of methoxy groups -OCH3 is 2. The first kappa shape index (κ1) is 17.9. The molecule has 0 amide bonds. The monoisotopic (exact) mass is 366 g/mol. The summed E-state index contributed by atoms with van der Waals surface area (Å²) < 4.78 is 10.9. The summed E-state index contributed by atoms with van der Waals surface area (Å²) >= 11 is 0. The normalized spacial score (nSPS) is 17.2. The van der Waals surface area contributed by atoms with Gasteiger partial charge in [-0.15, -0.1) is 0 Å². The largest absolute Gasteiger partial charge is 0.497 e. The Morgan fingerprint density at radius 1 is 1.11 bits per heavy atom. The first-order valence-electron chi connectivity index (χ1n) is 9.58. The maximum atomic E-state index is 5.52. The highest BCUT2D eigenvalue weighted by atomic mass is 16.5. The minimum Gasteiger partial charge on any atom is -0.497 e. The number of rotatable bonds is 5. The minimum atomic E-state index is 0.814. The maximum Gasteiger partial charge on any atom is 0.173 e. The van der Waals surface area contributed by atoms with Gasteiger partial charge in [-0.3, -0.25) is 9.89 Å². The third kappa shape index (κ3) is 3.95. The van der Waals surface area contributed by atoms with Gasteiger partial charge in [-0.1, -0.05) is 0 Å². The summed E-state index contributed by atoms with van der Waals surface area (Å²) in [5, 5.41) is 0. The molecule has 2 aliphatic heterocycles. The van der Waals surface area contributed by atoms with Crippen molar-refractivity contribution in [3.05, 3.63) is 47.0 Å². The lowest BCUT2D eigenvalue weighted by Gasteiger charge is -2.28. The van der Waals surface area contributed by atoms with E-state index >= 15 is 0 Å². The predicted molar refractivity (Wildman–Crippen MR) is 105 cm³/mol. The van der Waals surface area contributed by atoms with Gasteiger partial charge in [0.1, 0.15) is 11.5 Å². The van der Waals surface area contributed by atoms with Crippen molar-refractivity contribution in [3.63, 3.8) is 0 Å². The molecule has 0 saturated heterocycles. The fourth-order valence-electron chi connectivity index (χ4n) is 3.77. The third-order valence-electron chi connectivity index (χ3n) is 5.28. The molecule has 0 bridgehead atoms. The number of benzene rings is 1. The SMILES string of the molecule is COc1ccc(OC)c(CN2CCc3nc(C4=NCCCC4)ncc3C2)c1. The standard InChI is InChI=1S/C21H26N4O2/c1-26-17-6-7-20(27-2)15(11-17)13-25-10-8-18-16(14-25)12-23-21(24-18)19-5-3-4-9-22-19/h6-7,11-12H,3-5,8-10,13-14H2,1-2H3. The highest BCUT2D eigenvalue weighted by molar-refractivity contribution is 5.97. The Kier molecular flexibility index (Phi) is 5.34. The second-order valence-electron chi connectivity index (χ2n) is 7.09. The molecular formula is C21H26N4O2. The molecule has 3 heterocycles. The average molecular weight is 366 g/mol. The van der Waals surface area contributed by atoms with Crippen LogP contribution >= 0.6 is 0 Å². The van der Waals surface area contributed by atoms with E-state index in [0.717, 1.165) is 67.6 Å². The van der Waals surface area contributed by atoms with E-state index in [9.17, 15) is 0 Å². The number of ether oxygens (including phenoxy) is 2. The van der Waals surface area contributed by atoms with Crippen molar-refractivity contribution in [3.8, 4) is 11.5 Å². The second kappa shape index (κ2) is 8.05. The van der Waals surface area contributed by atoms with Crippen molar-refractivity contribution in [2.45, 2.75) is 38.8 Å². The van der Waals surface area contributed by atoms with Crippen molar-refractivity contribution in [1.29, 1.82) is 0 Å². The molecule has 6 heteroatoms. The van der Waals surface area contributed by atoms with Crippen molar-refractivity contribution in [2.24, 2.45) is 4.99 Å². The summed E-state index contributed by atoms with van der Waals surface area (Å²) in [6, 6.07) is 5.94. The third-order valence-corrected chi connectivity index (χ3v) is 5.28. The van der Waals surface area contributed by atoms with E-state index in [0.29, 0.717) is 0 Å². The van der Waals surface area contributed by atoms with Crippen LogP contribution in [0.4, 0.5) is 0 Å².